The molecule has 0 spiro atoms. The summed E-state index contributed by atoms with van der Waals surface area (Å²) in [4.78, 5) is 11.7. The summed E-state index contributed by atoms with van der Waals surface area (Å²) in [6.45, 7) is 8.07. The van der Waals surface area contributed by atoms with Gasteiger partial charge in [-0.3, -0.25) is 4.79 Å². The van der Waals surface area contributed by atoms with Crippen LogP contribution in [0.2, 0.25) is 0 Å². The fourth-order valence-electron chi connectivity index (χ4n) is 8.85. The molecule has 5 N–H and O–H groups in total. The van der Waals surface area contributed by atoms with Crippen molar-refractivity contribution >= 4 is 11.6 Å². The molecule has 282 valence electrons. The van der Waals surface area contributed by atoms with Crippen molar-refractivity contribution in [2.45, 2.75) is 75.9 Å². The van der Waals surface area contributed by atoms with Gasteiger partial charge in [-0.05, 0) is 48.4 Å². The minimum Gasteiger partial charge on any atom is -1.00 e. The monoisotopic (exact) mass is 779 g/mol. The van der Waals surface area contributed by atoms with Gasteiger partial charge < -0.3 is 61.6 Å². The first kappa shape index (κ1) is 38.7. The van der Waals surface area contributed by atoms with Crippen LogP contribution in [0.3, 0.4) is 0 Å². The maximum Gasteiger partial charge on any atom is 0.262 e. The number of aromatic hydroxyl groups is 1. The molecule has 3 aromatic rings. The topological polar surface area (TPSA) is 130 Å². The second-order valence-corrected chi connectivity index (χ2v) is 15.3. The molecule has 0 radical (unpaired) electrons. The molecule has 2 bridgehead atoms. The van der Waals surface area contributed by atoms with Gasteiger partial charge in [-0.2, -0.15) is 0 Å². The van der Waals surface area contributed by atoms with Gasteiger partial charge in [0, 0.05) is 43.0 Å². The first-order valence-corrected chi connectivity index (χ1v) is 18.8. The number of ether oxygens (including phenoxy) is 3. The molecule has 3 aromatic carbocycles. The van der Waals surface area contributed by atoms with Crippen molar-refractivity contribution in [2.24, 2.45) is 11.8 Å². The van der Waals surface area contributed by atoms with E-state index in [0.717, 1.165) is 47.1 Å². The number of halogens is 1. The lowest BCUT2D eigenvalue weighted by Gasteiger charge is -2.52. The highest BCUT2D eigenvalue weighted by Gasteiger charge is 2.48. The van der Waals surface area contributed by atoms with Gasteiger partial charge in [0.2, 0.25) is 0 Å². The summed E-state index contributed by atoms with van der Waals surface area (Å²) in [7, 11) is 0. The second kappa shape index (κ2) is 17.0. The summed E-state index contributed by atoms with van der Waals surface area (Å²) in [6.07, 6.45) is 6.07. The number of aliphatic hydroxyl groups is 2. The Hall–Kier alpha value is -3.03. The number of amides is 1. The van der Waals surface area contributed by atoms with Gasteiger partial charge >= 0.3 is 0 Å². The van der Waals surface area contributed by atoms with Gasteiger partial charge in [-0.1, -0.05) is 67.4 Å². The lowest BCUT2D eigenvalue weighted by Crippen LogP contribution is -3.00. The lowest BCUT2D eigenvalue weighted by molar-refractivity contribution is -0.946. The summed E-state index contributed by atoms with van der Waals surface area (Å²) < 4.78 is 19.5. The molecule has 10 nitrogen and oxygen atoms in total. The largest absolute Gasteiger partial charge is 1.00 e. The van der Waals surface area contributed by atoms with Crippen molar-refractivity contribution in [2.75, 3.05) is 57.9 Å². The number of benzene rings is 3. The van der Waals surface area contributed by atoms with E-state index in [1.54, 1.807) is 0 Å². The first-order valence-electron chi connectivity index (χ1n) is 18.8. The Morgan fingerprint density at radius 1 is 1.04 bits per heavy atom. The number of nitrogens with zero attached hydrogens (tertiary/aromatic N) is 1. The molecule has 4 fully saturated rings. The Kier molecular flexibility index (Phi) is 12.6. The maximum absolute atomic E-state index is 12.0. The standard InChI is InChI=1S/C41H53N3O7.BrH/c1-28(42-23-37(46)35-21-34(45)22-36-40(35)50-26-39(47)43-36)30-13-11-29(12-14-30)25-49-20-19-44-17-15-31(16-18-44)38(24-44)51-27-41(48,33-9-5-6-10-33)32-7-3-2-4-8-32;/h2-4,7-8,11-14,21-22,28,31,33,37-38,42,46,48H,5-6,9-10,15-20,23-27H2,1H3,(H-,43,45,47);1H/t28-,31?,37-,38-,41+,44?;/m0./s1. The van der Waals surface area contributed by atoms with Gasteiger partial charge in [-0.15, -0.1) is 0 Å². The normalized spacial score (nSPS) is 24.9. The number of hydrogen-bond donors (Lipinski definition) is 5. The lowest BCUT2D eigenvalue weighted by atomic mass is 9.80. The van der Waals surface area contributed by atoms with Crippen molar-refractivity contribution in [3.63, 3.8) is 0 Å². The molecule has 11 heteroatoms. The van der Waals surface area contributed by atoms with Crippen LogP contribution < -0.4 is 32.4 Å². The van der Waals surface area contributed by atoms with E-state index in [9.17, 15) is 20.1 Å². The number of carbonyl (C=O) groups is 1. The third kappa shape index (κ3) is 8.67. The Bertz CT molecular complexity index is 1630. The van der Waals surface area contributed by atoms with Crippen molar-refractivity contribution in [3.8, 4) is 11.5 Å². The molecular weight excluding hydrogens is 726 g/mol. The Morgan fingerprint density at radius 2 is 1.77 bits per heavy atom. The number of piperidine rings is 3. The molecule has 3 saturated heterocycles. The number of anilines is 1. The zero-order chi connectivity index (χ0) is 35.4. The van der Waals surface area contributed by atoms with Gasteiger partial charge in [0.1, 0.15) is 36.3 Å². The highest BCUT2D eigenvalue weighted by atomic mass is 79.9. The predicted octanol–water partition coefficient (Wildman–Crippen LogP) is 2.33. The van der Waals surface area contributed by atoms with E-state index in [0.29, 0.717) is 42.7 Å². The second-order valence-electron chi connectivity index (χ2n) is 15.3. The summed E-state index contributed by atoms with van der Waals surface area (Å²) in [5, 5.41) is 39.1. The number of aliphatic hydroxyl groups excluding tert-OH is 1. The molecule has 52 heavy (non-hydrogen) atoms. The van der Waals surface area contributed by atoms with Crippen LogP contribution in [-0.4, -0.2) is 84.4 Å². The van der Waals surface area contributed by atoms with Crippen LogP contribution in [0.25, 0.3) is 0 Å². The van der Waals surface area contributed by atoms with Gasteiger partial charge in [-0.25, -0.2) is 0 Å². The number of nitrogens with one attached hydrogen (secondary N) is 2. The molecule has 0 unspecified atom stereocenters. The van der Waals surface area contributed by atoms with Gasteiger partial charge in [0.15, 0.2) is 6.61 Å². The molecule has 1 amide bonds. The molecule has 4 atom stereocenters. The van der Waals surface area contributed by atoms with Crippen LogP contribution in [0.1, 0.15) is 79.8 Å². The molecule has 1 aliphatic carbocycles. The smallest absolute Gasteiger partial charge is 0.262 e. The summed E-state index contributed by atoms with van der Waals surface area (Å²) in [6, 6.07) is 21.4. The van der Waals surface area contributed by atoms with Gasteiger partial charge in [0.25, 0.3) is 5.91 Å². The zero-order valence-electron chi connectivity index (χ0n) is 30.1. The zero-order valence-corrected chi connectivity index (χ0v) is 31.7. The molecule has 5 aliphatic rings. The fraction of sp³-hybridized carbons (Fsp3) is 0.537. The Balaban J connectivity index is 0.00000464. The van der Waals surface area contributed by atoms with Crippen molar-refractivity contribution in [3.05, 3.63) is 89.0 Å². The van der Waals surface area contributed by atoms with Crippen molar-refractivity contribution in [1.82, 2.24) is 5.32 Å². The Morgan fingerprint density at radius 3 is 2.50 bits per heavy atom. The van der Waals surface area contributed by atoms with E-state index in [1.165, 1.54) is 50.9 Å². The molecule has 4 aliphatic heterocycles. The highest BCUT2D eigenvalue weighted by molar-refractivity contribution is 5.96. The number of carbonyl (C=O) groups excluding carboxylic acids is 1. The maximum atomic E-state index is 12.0. The Labute approximate surface area is 317 Å². The van der Waals surface area contributed by atoms with Crippen LogP contribution in [0.15, 0.2) is 66.7 Å². The van der Waals surface area contributed by atoms with E-state index in [-0.39, 0.29) is 59.9 Å². The number of rotatable bonds is 15. The third-order valence-electron chi connectivity index (χ3n) is 12.0. The van der Waals surface area contributed by atoms with E-state index in [2.05, 4.69) is 47.0 Å². The molecule has 1 saturated carbocycles. The third-order valence-corrected chi connectivity index (χ3v) is 12.0. The number of phenolic OH excluding ortho intramolecular Hbond substituents is 1. The van der Waals surface area contributed by atoms with E-state index in [1.807, 2.05) is 25.1 Å². The average Bonchev–Trinajstić information content (AvgIpc) is 3.71. The van der Waals surface area contributed by atoms with Crippen LogP contribution in [-0.2, 0) is 26.5 Å². The van der Waals surface area contributed by atoms with Crippen LogP contribution in [0.4, 0.5) is 5.69 Å². The fourth-order valence-corrected chi connectivity index (χ4v) is 8.85. The van der Waals surface area contributed by atoms with E-state index < -0.39 is 11.7 Å². The number of quaternary nitrogens is 1. The van der Waals surface area contributed by atoms with Crippen LogP contribution in [0, 0.1) is 11.8 Å². The minimum atomic E-state index is -0.940. The average molecular weight is 781 g/mol. The number of fused-ring (bicyclic) bond motifs is 4. The molecule has 8 rings (SSSR count). The highest BCUT2D eigenvalue weighted by Crippen LogP contribution is 2.43. The predicted molar refractivity (Wildman–Crippen MR) is 194 cm³/mol. The molecular formula is C41H54BrN3O7. The van der Waals surface area contributed by atoms with E-state index in [4.69, 9.17) is 14.2 Å². The van der Waals surface area contributed by atoms with Crippen molar-refractivity contribution < 1.29 is 55.8 Å². The SMILES string of the molecule is C[C@H](NC[C@H](O)c1cc(O)cc2c1OCC(=O)N2)c1ccc(COCC[N+]23CCC(CC2)[C@@H](OC[C@@](O)(c2ccccc2)C2CCCC2)C3)cc1.[Br-]. The summed E-state index contributed by atoms with van der Waals surface area (Å²) in [5.41, 5.74) is 3.05. The van der Waals surface area contributed by atoms with Crippen molar-refractivity contribution in [1.29, 1.82) is 0 Å². The first-order chi connectivity index (χ1) is 24.7. The number of hydrogen-bond acceptors (Lipinski definition) is 8. The van der Waals surface area contributed by atoms with Crippen LogP contribution >= 0.6 is 0 Å². The number of phenols is 1. The van der Waals surface area contributed by atoms with E-state index >= 15 is 0 Å². The van der Waals surface area contributed by atoms with Gasteiger partial charge in [0.05, 0.1) is 44.7 Å². The summed E-state index contributed by atoms with van der Waals surface area (Å²) in [5.74, 6) is 0.858. The molecule has 4 heterocycles. The minimum absolute atomic E-state index is 0. The van der Waals surface area contributed by atoms with Crippen LogP contribution in [0.5, 0.6) is 11.5 Å². The quantitative estimate of drug-likeness (QED) is 0.118. The summed E-state index contributed by atoms with van der Waals surface area (Å²) >= 11 is 0. The molecule has 0 aromatic heterocycles.